The van der Waals surface area contributed by atoms with Crippen molar-refractivity contribution < 1.29 is 5.11 Å². The fourth-order valence-corrected chi connectivity index (χ4v) is 5.86. The third-order valence-electron chi connectivity index (χ3n) is 4.99. The molecule has 0 aliphatic carbocycles. The minimum absolute atomic E-state index is 0.0782. The topological polar surface area (TPSA) is 70.1 Å². The van der Waals surface area contributed by atoms with Crippen molar-refractivity contribution in [3.63, 3.8) is 0 Å². The number of hydrogen-bond donors (Lipinski definition) is 3. The van der Waals surface area contributed by atoms with Crippen molar-refractivity contribution in [1.82, 2.24) is 15.3 Å². The van der Waals surface area contributed by atoms with Crippen molar-refractivity contribution in [3.8, 4) is 10.6 Å². The van der Waals surface area contributed by atoms with Gasteiger partial charge in [0.2, 0.25) is 5.95 Å². The Morgan fingerprint density at radius 1 is 1.21 bits per heavy atom. The van der Waals surface area contributed by atoms with Gasteiger partial charge in [0.1, 0.15) is 0 Å². The highest BCUT2D eigenvalue weighted by Crippen LogP contribution is 2.34. The highest BCUT2D eigenvalue weighted by molar-refractivity contribution is 9.10. The monoisotopic (exact) mass is 466 g/mol. The van der Waals surface area contributed by atoms with Crippen molar-refractivity contribution in [1.29, 1.82) is 0 Å². The van der Waals surface area contributed by atoms with Crippen molar-refractivity contribution in [2.24, 2.45) is 0 Å². The minimum atomic E-state index is 0.0782. The maximum Gasteiger partial charge on any atom is 0.223 e. The van der Waals surface area contributed by atoms with Crippen LogP contribution < -0.4 is 10.6 Å². The Labute approximate surface area is 180 Å². The molecule has 2 aromatic heterocycles. The van der Waals surface area contributed by atoms with Gasteiger partial charge < -0.3 is 15.7 Å². The molecule has 0 spiro atoms. The van der Waals surface area contributed by atoms with Crippen LogP contribution in [0.25, 0.3) is 10.6 Å². The maximum atomic E-state index is 8.96. The first-order valence-electron chi connectivity index (χ1n) is 9.96. The molecule has 1 fully saturated rings. The van der Waals surface area contributed by atoms with Gasteiger partial charge in [0.05, 0.1) is 15.0 Å². The molecule has 154 valence electrons. The number of aliphatic hydroxyl groups excluding tert-OH is 1. The summed E-state index contributed by atoms with van der Waals surface area (Å²) in [5.41, 5.74) is 1.09. The molecule has 1 aliphatic heterocycles. The second-order valence-electron chi connectivity index (χ2n) is 8.98. The molecule has 7 heteroatoms. The molecule has 3 heterocycles. The number of piperidine rings is 1. The molecular formula is C21H31BrN4OS. The van der Waals surface area contributed by atoms with Gasteiger partial charge in [0, 0.05) is 34.8 Å². The van der Waals surface area contributed by atoms with E-state index < -0.39 is 0 Å². The molecule has 0 aromatic carbocycles. The molecule has 28 heavy (non-hydrogen) atoms. The Morgan fingerprint density at radius 3 is 2.61 bits per heavy atom. The smallest absolute Gasteiger partial charge is 0.223 e. The van der Waals surface area contributed by atoms with E-state index in [1.807, 2.05) is 6.20 Å². The van der Waals surface area contributed by atoms with Crippen LogP contribution in [0.15, 0.2) is 22.8 Å². The summed E-state index contributed by atoms with van der Waals surface area (Å²) < 4.78 is 0.910. The molecular weight excluding hydrogens is 436 g/mol. The lowest BCUT2D eigenvalue weighted by atomic mass is 9.80. The predicted octanol–water partition coefficient (Wildman–Crippen LogP) is 5.00. The standard InChI is InChI=1S/C21H31BrN4OS/c1-20(2)11-14(12-21(3,4)26-20)24-19-23-13-16(22)18(25-19)17-9-8-15(28-17)7-5-6-10-27/h8-9,13-14,26-27H,5-7,10-12H2,1-4H3,(H,23,24,25). The summed E-state index contributed by atoms with van der Waals surface area (Å²) in [4.78, 5) is 11.8. The molecule has 1 aliphatic rings. The molecule has 1 saturated heterocycles. The second-order valence-corrected chi connectivity index (χ2v) is 11.0. The molecule has 0 bridgehead atoms. The van der Waals surface area contributed by atoms with Crippen LogP contribution in [0, 0.1) is 0 Å². The number of nitrogens with one attached hydrogen (secondary N) is 2. The average molecular weight is 467 g/mol. The molecule has 0 radical (unpaired) electrons. The lowest BCUT2D eigenvalue weighted by Gasteiger charge is -2.46. The molecule has 0 saturated carbocycles. The van der Waals surface area contributed by atoms with Crippen LogP contribution in [0.3, 0.4) is 0 Å². The number of hydrogen-bond acceptors (Lipinski definition) is 6. The van der Waals surface area contributed by atoms with Gasteiger partial charge in [-0.25, -0.2) is 9.97 Å². The molecule has 0 unspecified atom stereocenters. The number of aromatic nitrogens is 2. The SMILES string of the molecule is CC1(C)CC(Nc2ncc(Br)c(-c3ccc(CCCCO)s3)n2)CC(C)(C)N1. The van der Waals surface area contributed by atoms with E-state index in [1.165, 1.54) is 4.88 Å². The van der Waals surface area contributed by atoms with Crippen LogP contribution in [0.4, 0.5) is 5.95 Å². The van der Waals surface area contributed by atoms with E-state index in [4.69, 9.17) is 10.1 Å². The van der Waals surface area contributed by atoms with Crippen LogP contribution >= 0.6 is 27.3 Å². The molecule has 2 aromatic rings. The van der Waals surface area contributed by atoms with E-state index in [2.05, 4.69) is 71.4 Å². The summed E-state index contributed by atoms with van der Waals surface area (Å²) in [6.07, 6.45) is 6.75. The quantitative estimate of drug-likeness (QED) is 0.500. The minimum Gasteiger partial charge on any atom is -0.396 e. The first-order chi connectivity index (χ1) is 13.2. The molecule has 3 rings (SSSR count). The van der Waals surface area contributed by atoms with Gasteiger partial charge in [-0.1, -0.05) is 0 Å². The molecule has 3 N–H and O–H groups in total. The average Bonchev–Trinajstić information content (AvgIpc) is 3.02. The van der Waals surface area contributed by atoms with Crippen LogP contribution in [0.2, 0.25) is 0 Å². The van der Waals surface area contributed by atoms with Crippen LogP contribution in [0.5, 0.6) is 0 Å². The highest BCUT2D eigenvalue weighted by Gasteiger charge is 2.37. The summed E-state index contributed by atoms with van der Waals surface area (Å²) in [6.45, 7) is 9.26. The number of anilines is 1. The van der Waals surface area contributed by atoms with E-state index in [0.717, 1.165) is 47.1 Å². The first kappa shape index (κ1) is 21.7. The molecule has 0 amide bonds. The lowest BCUT2D eigenvalue weighted by molar-refractivity contribution is 0.170. The highest BCUT2D eigenvalue weighted by atomic mass is 79.9. The number of aliphatic hydroxyl groups is 1. The zero-order valence-corrected chi connectivity index (χ0v) is 19.6. The number of rotatable bonds is 7. The third-order valence-corrected chi connectivity index (χ3v) is 6.73. The van der Waals surface area contributed by atoms with Crippen molar-refractivity contribution in [2.75, 3.05) is 11.9 Å². The Balaban J connectivity index is 1.75. The number of aryl methyl sites for hydroxylation is 1. The largest absolute Gasteiger partial charge is 0.396 e. The van der Waals surface area contributed by atoms with Gasteiger partial charge in [-0.05, 0) is 87.9 Å². The van der Waals surface area contributed by atoms with Crippen LogP contribution in [-0.4, -0.2) is 38.8 Å². The summed E-state index contributed by atoms with van der Waals surface area (Å²) >= 11 is 5.38. The third kappa shape index (κ3) is 5.75. The van der Waals surface area contributed by atoms with Gasteiger partial charge in [0.15, 0.2) is 0 Å². The lowest BCUT2D eigenvalue weighted by Crippen LogP contribution is -2.60. The van der Waals surface area contributed by atoms with E-state index in [1.54, 1.807) is 11.3 Å². The fourth-order valence-electron chi connectivity index (χ4n) is 4.27. The number of unbranched alkanes of at least 4 members (excludes halogenated alkanes) is 1. The van der Waals surface area contributed by atoms with E-state index in [9.17, 15) is 0 Å². The van der Waals surface area contributed by atoms with Gasteiger partial charge >= 0.3 is 0 Å². The van der Waals surface area contributed by atoms with Crippen molar-refractivity contribution in [2.45, 2.75) is 76.9 Å². The zero-order chi connectivity index (χ0) is 20.4. The Kier molecular flexibility index (Phi) is 6.80. The van der Waals surface area contributed by atoms with Crippen LogP contribution in [0.1, 0.15) is 58.3 Å². The van der Waals surface area contributed by atoms with Crippen LogP contribution in [-0.2, 0) is 6.42 Å². The summed E-state index contributed by atoms with van der Waals surface area (Å²) in [7, 11) is 0. The Hall–Kier alpha value is -1.02. The van der Waals surface area contributed by atoms with Gasteiger partial charge in [-0.2, -0.15) is 0 Å². The second kappa shape index (κ2) is 8.78. The Bertz CT molecular complexity index is 789. The van der Waals surface area contributed by atoms with Crippen molar-refractivity contribution >= 4 is 33.2 Å². The van der Waals surface area contributed by atoms with Gasteiger partial charge in [-0.15, -0.1) is 11.3 Å². The van der Waals surface area contributed by atoms with E-state index in [0.29, 0.717) is 12.0 Å². The van der Waals surface area contributed by atoms with Crippen molar-refractivity contribution in [3.05, 3.63) is 27.7 Å². The molecule has 5 nitrogen and oxygen atoms in total. The predicted molar refractivity (Wildman–Crippen MR) is 121 cm³/mol. The number of nitrogens with zero attached hydrogens (tertiary/aromatic N) is 2. The normalized spacial score (nSPS) is 18.9. The van der Waals surface area contributed by atoms with Gasteiger partial charge in [-0.3, -0.25) is 0 Å². The summed E-state index contributed by atoms with van der Waals surface area (Å²) in [5.74, 6) is 0.687. The van der Waals surface area contributed by atoms with E-state index in [-0.39, 0.29) is 17.7 Å². The molecule has 0 atom stereocenters. The van der Waals surface area contributed by atoms with Gasteiger partial charge in [0.25, 0.3) is 0 Å². The number of halogens is 1. The summed E-state index contributed by atoms with van der Waals surface area (Å²) in [6, 6.07) is 4.63. The zero-order valence-electron chi connectivity index (χ0n) is 17.2. The summed E-state index contributed by atoms with van der Waals surface area (Å²) in [5, 5.41) is 16.3. The van der Waals surface area contributed by atoms with E-state index >= 15 is 0 Å². The maximum absolute atomic E-state index is 8.96. The fraction of sp³-hybridized carbons (Fsp3) is 0.619. The first-order valence-corrected chi connectivity index (χ1v) is 11.6. The Morgan fingerprint density at radius 2 is 1.93 bits per heavy atom. The number of thiophene rings is 1.